The standard InChI is InChI=1S/C13H21FN2O2S/c1-9(2)15-8-11-5-6-13(12(14)7-11)19(17,18)16-10(3)4/h5-7,9-10,15-16H,8H2,1-4H3. The van der Waals surface area contributed by atoms with Crippen molar-refractivity contribution in [2.45, 2.75) is 51.2 Å². The third-order valence-corrected chi connectivity index (χ3v) is 4.08. The number of hydrogen-bond acceptors (Lipinski definition) is 3. The lowest BCUT2D eigenvalue weighted by Crippen LogP contribution is -2.31. The first-order valence-corrected chi connectivity index (χ1v) is 7.75. The first-order valence-electron chi connectivity index (χ1n) is 6.26. The molecule has 0 aliphatic heterocycles. The minimum absolute atomic E-state index is 0.272. The molecule has 4 nitrogen and oxygen atoms in total. The molecule has 19 heavy (non-hydrogen) atoms. The Labute approximate surface area is 114 Å². The van der Waals surface area contributed by atoms with Gasteiger partial charge in [-0.1, -0.05) is 19.9 Å². The van der Waals surface area contributed by atoms with E-state index in [9.17, 15) is 12.8 Å². The maximum atomic E-state index is 13.9. The van der Waals surface area contributed by atoms with Gasteiger partial charge >= 0.3 is 0 Å². The SMILES string of the molecule is CC(C)NCc1ccc(S(=O)(=O)NC(C)C)c(F)c1. The van der Waals surface area contributed by atoms with Crippen molar-refractivity contribution in [1.82, 2.24) is 10.0 Å². The molecule has 0 radical (unpaired) electrons. The fourth-order valence-electron chi connectivity index (χ4n) is 1.57. The zero-order valence-electron chi connectivity index (χ0n) is 11.7. The van der Waals surface area contributed by atoms with Crippen LogP contribution in [0.25, 0.3) is 0 Å². The fraction of sp³-hybridized carbons (Fsp3) is 0.538. The van der Waals surface area contributed by atoms with Crippen molar-refractivity contribution < 1.29 is 12.8 Å². The van der Waals surface area contributed by atoms with E-state index in [0.29, 0.717) is 6.54 Å². The second-order valence-electron chi connectivity index (χ2n) is 5.08. The van der Waals surface area contributed by atoms with Crippen molar-refractivity contribution in [2.75, 3.05) is 0 Å². The largest absolute Gasteiger partial charge is 0.310 e. The smallest absolute Gasteiger partial charge is 0.243 e. The lowest BCUT2D eigenvalue weighted by atomic mass is 10.2. The molecule has 0 saturated heterocycles. The molecule has 6 heteroatoms. The van der Waals surface area contributed by atoms with Gasteiger partial charge in [-0.15, -0.1) is 0 Å². The van der Waals surface area contributed by atoms with Gasteiger partial charge < -0.3 is 5.32 Å². The first kappa shape index (κ1) is 16.1. The van der Waals surface area contributed by atoms with Gasteiger partial charge in [0.25, 0.3) is 0 Å². The van der Waals surface area contributed by atoms with Crippen molar-refractivity contribution in [1.29, 1.82) is 0 Å². The van der Waals surface area contributed by atoms with Crippen LogP contribution in [0.4, 0.5) is 4.39 Å². The first-order chi connectivity index (χ1) is 8.72. The molecule has 0 heterocycles. The Morgan fingerprint density at radius 2 is 1.79 bits per heavy atom. The average Bonchev–Trinajstić information content (AvgIpc) is 2.24. The summed E-state index contributed by atoms with van der Waals surface area (Å²) in [5.41, 5.74) is 0.717. The maximum absolute atomic E-state index is 13.9. The number of hydrogen-bond donors (Lipinski definition) is 2. The lowest BCUT2D eigenvalue weighted by Gasteiger charge is -2.12. The monoisotopic (exact) mass is 288 g/mol. The highest BCUT2D eigenvalue weighted by molar-refractivity contribution is 7.89. The number of sulfonamides is 1. The van der Waals surface area contributed by atoms with Crippen LogP contribution in [-0.4, -0.2) is 20.5 Å². The number of benzene rings is 1. The molecule has 0 aromatic heterocycles. The van der Waals surface area contributed by atoms with Gasteiger partial charge in [0.1, 0.15) is 10.7 Å². The molecule has 0 bridgehead atoms. The molecular weight excluding hydrogens is 267 g/mol. The van der Waals surface area contributed by atoms with E-state index in [0.717, 1.165) is 5.56 Å². The van der Waals surface area contributed by atoms with E-state index in [2.05, 4.69) is 10.0 Å². The highest BCUT2D eigenvalue weighted by atomic mass is 32.2. The molecular formula is C13H21FN2O2S. The van der Waals surface area contributed by atoms with Gasteiger partial charge in [-0.05, 0) is 31.5 Å². The Morgan fingerprint density at radius 1 is 1.16 bits per heavy atom. The van der Waals surface area contributed by atoms with Gasteiger partial charge in [-0.3, -0.25) is 0 Å². The summed E-state index contributed by atoms with van der Waals surface area (Å²) < 4.78 is 40.0. The van der Waals surface area contributed by atoms with E-state index < -0.39 is 15.8 Å². The van der Waals surface area contributed by atoms with Crippen LogP contribution in [-0.2, 0) is 16.6 Å². The summed E-state index contributed by atoms with van der Waals surface area (Å²) in [6.45, 7) is 7.86. The highest BCUT2D eigenvalue weighted by Crippen LogP contribution is 2.16. The lowest BCUT2D eigenvalue weighted by molar-refractivity contribution is 0.545. The number of rotatable bonds is 6. The topological polar surface area (TPSA) is 58.2 Å². The van der Waals surface area contributed by atoms with Crippen LogP contribution >= 0.6 is 0 Å². The van der Waals surface area contributed by atoms with Crippen molar-refractivity contribution >= 4 is 10.0 Å². The molecule has 0 unspecified atom stereocenters. The van der Waals surface area contributed by atoms with E-state index in [1.54, 1.807) is 19.9 Å². The van der Waals surface area contributed by atoms with Gasteiger partial charge in [0.2, 0.25) is 10.0 Å². The Bertz CT molecular complexity index is 527. The van der Waals surface area contributed by atoms with E-state index >= 15 is 0 Å². The van der Waals surface area contributed by atoms with E-state index in [1.165, 1.54) is 12.1 Å². The zero-order chi connectivity index (χ0) is 14.6. The minimum atomic E-state index is -3.78. The van der Waals surface area contributed by atoms with Crippen molar-refractivity contribution in [3.8, 4) is 0 Å². The fourth-order valence-corrected chi connectivity index (χ4v) is 2.88. The summed E-state index contributed by atoms with van der Waals surface area (Å²) in [5.74, 6) is -0.726. The summed E-state index contributed by atoms with van der Waals surface area (Å²) in [4.78, 5) is -0.311. The van der Waals surface area contributed by atoms with E-state index in [4.69, 9.17) is 0 Å². The summed E-state index contributed by atoms with van der Waals surface area (Å²) >= 11 is 0. The second kappa shape index (κ2) is 6.45. The Kier molecular flexibility index (Phi) is 5.46. The quantitative estimate of drug-likeness (QED) is 0.842. The molecule has 108 valence electrons. The summed E-state index contributed by atoms with van der Waals surface area (Å²) in [7, 11) is -3.78. The molecule has 1 aromatic carbocycles. The van der Waals surface area contributed by atoms with Crippen LogP contribution in [0.5, 0.6) is 0 Å². The number of halogens is 1. The molecule has 2 N–H and O–H groups in total. The Hall–Kier alpha value is -0.980. The molecule has 0 atom stereocenters. The molecule has 0 aliphatic rings. The predicted octanol–water partition coefficient (Wildman–Crippen LogP) is 2.01. The molecule has 0 fully saturated rings. The van der Waals surface area contributed by atoms with Gasteiger partial charge in [0.05, 0.1) is 0 Å². The van der Waals surface area contributed by atoms with E-state index in [1.807, 2.05) is 13.8 Å². The summed E-state index contributed by atoms with van der Waals surface area (Å²) in [6, 6.07) is 4.19. The van der Waals surface area contributed by atoms with E-state index in [-0.39, 0.29) is 17.0 Å². The molecule has 0 amide bonds. The van der Waals surface area contributed by atoms with Crippen LogP contribution in [0.2, 0.25) is 0 Å². The third-order valence-electron chi connectivity index (χ3n) is 2.39. The van der Waals surface area contributed by atoms with Crippen LogP contribution < -0.4 is 10.0 Å². The normalized spacial score (nSPS) is 12.4. The van der Waals surface area contributed by atoms with Gasteiger partial charge in [-0.25, -0.2) is 17.5 Å². The van der Waals surface area contributed by atoms with Crippen LogP contribution in [0, 0.1) is 5.82 Å². The summed E-state index contributed by atoms with van der Waals surface area (Å²) in [6.07, 6.45) is 0. The average molecular weight is 288 g/mol. The van der Waals surface area contributed by atoms with Crippen LogP contribution in [0.3, 0.4) is 0 Å². The van der Waals surface area contributed by atoms with Crippen molar-refractivity contribution in [2.24, 2.45) is 0 Å². The predicted molar refractivity (Wildman–Crippen MR) is 73.8 cm³/mol. The van der Waals surface area contributed by atoms with Crippen molar-refractivity contribution in [3.63, 3.8) is 0 Å². The second-order valence-corrected chi connectivity index (χ2v) is 6.76. The minimum Gasteiger partial charge on any atom is -0.310 e. The third kappa shape index (κ3) is 4.89. The van der Waals surface area contributed by atoms with Crippen LogP contribution in [0.1, 0.15) is 33.3 Å². The van der Waals surface area contributed by atoms with Crippen LogP contribution in [0.15, 0.2) is 23.1 Å². The van der Waals surface area contributed by atoms with Gasteiger partial charge in [-0.2, -0.15) is 0 Å². The molecule has 1 aromatic rings. The Morgan fingerprint density at radius 3 is 2.26 bits per heavy atom. The highest BCUT2D eigenvalue weighted by Gasteiger charge is 2.20. The Balaban J connectivity index is 2.94. The molecule has 1 rings (SSSR count). The zero-order valence-corrected chi connectivity index (χ0v) is 12.5. The van der Waals surface area contributed by atoms with Crippen molar-refractivity contribution in [3.05, 3.63) is 29.6 Å². The maximum Gasteiger partial charge on any atom is 0.243 e. The molecule has 0 spiro atoms. The summed E-state index contributed by atoms with van der Waals surface area (Å²) in [5, 5.41) is 3.15. The van der Waals surface area contributed by atoms with Gasteiger partial charge in [0.15, 0.2) is 0 Å². The number of nitrogens with one attached hydrogen (secondary N) is 2. The van der Waals surface area contributed by atoms with Gasteiger partial charge in [0, 0.05) is 18.6 Å². The molecule has 0 saturated carbocycles. The molecule has 0 aliphatic carbocycles.